The number of pyridine rings is 1. The zero-order chi connectivity index (χ0) is 18.1. The summed E-state index contributed by atoms with van der Waals surface area (Å²) in [5.41, 5.74) is 4.15. The molecule has 0 saturated carbocycles. The Morgan fingerprint density at radius 3 is 2.81 bits per heavy atom. The molecular formula is C20H22N4O2. The van der Waals surface area contributed by atoms with E-state index in [-0.39, 0.29) is 24.2 Å². The topological polar surface area (TPSA) is 68.4 Å². The van der Waals surface area contributed by atoms with E-state index in [1.807, 2.05) is 13.0 Å². The molecule has 6 heteroatoms. The Morgan fingerprint density at radius 1 is 1.19 bits per heavy atom. The molecule has 1 atom stereocenters. The Morgan fingerprint density at radius 2 is 2.00 bits per heavy atom. The summed E-state index contributed by atoms with van der Waals surface area (Å²) in [6.45, 7) is 1.88. The number of carbonyl (C=O) groups excluding carboxylic acids is 1. The predicted octanol–water partition coefficient (Wildman–Crippen LogP) is 2.25. The Hall–Kier alpha value is -2.89. The molecule has 0 aliphatic heterocycles. The molecule has 3 aromatic rings. The van der Waals surface area contributed by atoms with Crippen molar-refractivity contribution >= 4 is 11.6 Å². The summed E-state index contributed by atoms with van der Waals surface area (Å²) in [4.78, 5) is 24.7. The number of aromatic nitrogens is 3. The molecule has 1 aliphatic carbocycles. The SMILES string of the molecule is C[C@@H](NC(=O)Cn1nc2ccccn2c1=O)c1ccc2c(c1)CCCC2. The molecule has 1 N–H and O–H groups in total. The van der Waals surface area contributed by atoms with Gasteiger partial charge in [-0.05, 0) is 61.4 Å². The van der Waals surface area contributed by atoms with Crippen molar-refractivity contribution in [1.29, 1.82) is 0 Å². The number of aryl methyl sites for hydroxylation is 2. The molecule has 0 spiro atoms. The maximum Gasteiger partial charge on any atom is 0.350 e. The van der Waals surface area contributed by atoms with E-state index in [0.29, 0.717) is 5.65 Å². The molecule has 2 aromatic heterocycles. The molecule has 4 rings (SSSR count). The summed E-state index contributed by atoms with van der Waals surface area (Å²) in [5.74, 6) is -0.222. The minimum atomic E-state index is -0.308. The van der Waals surface area contributed by atoms with Crippen LogP contribution in [0.25, 0.3) is 5.65 Å². The third-order valence-electron chi connectivity index (χ3n) is 5.03. The summed E-state index contributed by atoms with van der Waals surface area (Å²) >= 11 is 0. The zero-order valence-electron chi connectivity index (χ0n) is 14.8. The van der Waals surface area contributed by atoms with Crippen LogP contribution in [0.5, 0.6) is 0 Å². The molecule has 0 bridgehead atoms. The van der Waals surface area contributed by atoms with E-state index in [2.05, 4.69) is 28.6 Å². The van der Waals surface area contributed by atoms with Crippen LogP contribution in [-0.2, 0) is 24.2 Å². The molecule has 134 valence electrons. The van der Waals surface area contributed by atoms with Crippen molar-refractivity contribution in [3.8, 4) is 0 Å². The van der Waals surface area contributed by atoms with E-state index in [4.69, 9.17) is 0 Å². The molecule has 2 heterocycles. The largest absolute Gasteiger partial charge is 0.350 e. The van der Waals surface area contributed by atoms with Crippen LogP contribution >= 0.6 is 0 Å². The number of rotatable bonds is 4. The minimum Gasteiger partial charge on any atom is -0.348 e. The van der Waals surface area contributed by atoms with Gasteiger partial charge >= 0.3 is 5.69 Å². The Balaban J connectivity index is 1.47. The lowest BCUT2D eigenvalue weighted by molar-refractivity contribution is -0.122. The van der Waals surface area contributed by atoms with Crippen LogP contribution in [0, 0.1) is 0 Å². The average Bonchev–Trinajstić information content (AvgIpc) is 2.97. The highest BCUT2D eigenvalue weighted by atomic mass is 16.2. The second-order valence-corrected chi connectivity index (χ2v) is 6.89. The minimum absolute atomic E-state index is 0.0875. The molecule has 1 aromatic carbocycles. The van der Waals surface area contributed by atoms with Crippen LogP contribution in [0.2, 0.25) is 0 Å². The first kappa shape index (κ1) is 16.6. The van der Waals surface area contributed by atoms with Crippen molar-refractivity contribution in [2.45, 2.75) is 45.2 Å². The molecule has 26 heavy (non-hydrogen) atoms. The lowest BCUT2D eigenvalue weighted by Gasteiger charge is -2.20. The second kappa shape index (κ2) is 6.78. The van der Waals surface area contributed by atoms with E-state index >= 15 is 0 Å². The fraction of sp³-hybridized carbons (Fsp3) is 0.350. The number of carbonyl (C=O) groups is 1. The van der Waals surface area contributed by atoms with Gasteiger partial charge in [-0.25, -0.2) is 9.48 Å². The summed E-state index contributed by atoms with van der Waals surface area (Å²) in [6, 6.07) is 11.7. The first-order chi connectivity index (χ1) is 12.6. The van der Waals surface area contributed by atoms with Gasteiger partial charge in [0.25, 0.3) is 0 Å². The number of fused-ring (bicyclic) bond motifs is 2. The van der Waals surface area contributed by atoms with Crippen LogP contribution in [0.3, 0.4) is 0 Å². The second-order valence-electron chi connectivity index (χ2n) is 6.89. The van der Waals surface area contributed by atoms with E-state index in [0.717, 1.165) is 18.4 Å². The standard InChI is InChI=1S/C20H22N4O2/c1-14(16-10-9-15-6-2-3-7-17(15)12-16)21-19(25)13-24-20(26)23-11-5-4-8-18(23)22-24/h4-5,8-12,14H,2-3,6-7,13H2,1H3,(H,21,25)/t14-/m1/s1. The maximum absolute atomic E-state index is 12.4. The lowest BCUT2D eigenvalue weighted by atomic mass is 9.89. The highest BCUT2D eigenvalue weighted by molar-refractivity contribution is 5.76. The molecule has 0 fully saturated rings. The van der Waals surface area contributed by atoms with E-state index in [9.17, 15) is 9.59 Å². The zero-order valence-corrected chi connectivity index (χ0v) is 14.8. The van der Waals surface area contributed by atoms with Gasteiger partial charge in [0.15, 0.2) is 5.65 Å². The Kier molecular flexibility index (Phi) is 4.32. The number of benzene rings is 1. The monoisotopic (exact) mass is 350 g/mol. The quantitative estimate of drug-likeness (QED) is 0.785. The van der Waals surface area contributed by atoms with Crippen molar-refractivity contribution in [1.82, 2.24) is 19.5 Å². The van der Waals surface area contributed by atoms with Crippen molar-refractivity contribution < 1.29 is 4.79 Å². The third-order valence-corrected chi connectivity index (χ3v) is 5.03. The van der Waals surface area contributed by atoms with E-state index in [1.165, 1.54) is 33.1 Å². The van der Waals surface area contributed by atoms with Crippen LogP contribution in [0.1, 0.15) is 42.5 Å². The number of amides is 1. The Bertz CT molecular complexity index is 1020. The van der Waals surface area contributed by atoms with Gasteiger partial charge in [-0.1, -0.05) is 24.3 Å². The predicted molar refractivity (Wildman–Crippen MR) is 99.1 cm³/mol. The van der Waals surface area contributed by atoms with Crippen LogP contribution in [0.15, 0.2) is 47.4 Å². The summed E-state index contributed by atoms with van der Waals surface area (Å²) in [5, 5.41) is 7.17. The first-order valence-corrected chi connectivity index (χ1v) is 9.07. The average molecular weight is 350 g/mol. The van der Waals surface area contributed by atoms with Gasteiger partial charge in [-0.3, -0.25) is 9.20 Å². The van der Waals surface area contributed by atoms with Gasteiger partial charge in [-0.2, -0.15) is 0 Å². The van der Waals surface area contributed by atoms with Crippen LogP contribution in [-0.4, -0.2) is 20.1 Å². The highest BCUT2D eigenvalue weighted by Gasteiger charge is 2.16. The van der Waals surface area contributed by atoms with Crippen LogP contribution < -0.4 is 11.0 Å². The van der Waals surface area contributed by atoms with E-state index in [1.54, 1.807) is 18.3 Å². The fourth-order valence-electron chi connectivity index (χ4n) is 3.60. The van der Waals surface area contributed by atoms with Gasteiger partial charge in [0.05, 0.1) is 6.04 Å². The van der Waals surface area contributed by atoms with Crippen molar-refractivity contribution in [3.05, 3.63) is 69.8 Å². The van der Waals surface area contributed by atoms with Gasteiger partial charge in [0.2, 0.25) is 5.91 Å². The molecule has 1 amide bonds. The van der Waals surface area contributed by atoms with Gasteiger partial charge in [-0.15, -0.1) is 5.10 Å². The van der Waals surface area contributed by atoms with Gasteiger partial charge < -0.3 is 5.32 Å². The lowest BCUT2D eigenvalue weighted by Crippen LogP contribution is -2.34. The van der Waals surface area contributed by atoms with Crippen molar-refractivity contribution in [3.63, 3.8) is 0 Å². The number of hydrogen-bond acceptors (Lipinski definition) is 3. The Labute approximate surface area is 151 Å². The molecule has 6 nitrogen and oxygen atoms in total. The molecule has 0 saturated heterocycles. The number of hydrogen-bond donors (Lipinski definition) is 1. The summed E-state index contributed by atoms with van der Waals surface area (Å²) in [6.07, 6.45) is 6.39. The summed E-state index contributed by atoms with van der Waals surface area (Å²) in [7, 11) is 0. The van der Waals surface area contributed by atoms with E-state index < -0.39 is 0 Å². The summed E-state index contributed by atoms with van der Waals surface area (Å²) < 4.78 is 2.63. The number of nitrogens with one attached hydrogen (secondary N) is 1. The third kappa shape index (κ3) is 3.14. The first-order valence-electron chi connectivity index (χ1n) is 9.07. The van der Waals surface area contributed by atoms with Crippen LogP contribution in [0.4, 0.5) is 0 Å². The molecule has 0 unspecified atom stereocenters. The van der Waals surface area contributed by atoms with Gasteiger partial charge in [0, 0.05) is 6.20 Å². The highest BCUT2D eigenvalue weighted by Crippen LogP contribution is 2.24. The number of nitrogens with zero attached hydrogens (tertiary/aromatic N) is 3. The smallest absolute Gasteiger partial charge is 0.348 e. The van der Waals surface area contributed by atoms with Crippen molar-refractivity contribution in [2.75, 3.05) is 0 Å². The van der Waals surface area contributed by atoms with Crippen molar-refractivity contribution in [2.24, 2.45) is 0 Å². The fourth-order valence-corrected chi connectivity index (χ4v) is 3.60. The maximum atomic E-state index is 12.4. The molecule has 0 radical (unpaired) electrons. The normalized spacial score (nSPS) is 14.8. The van der Waals surface area contributed by atoms with Gasteiger partial charge in [0.1, 0.15) is 6.54 Å². The molecule has 1 aliphatic rings. The molecular weight excluding hydrogens is 328 g/mol.